The van der Waals surface area contributed by atoms with Gasteiger partial charge in [0.25, 0.3) is 0 Å². The zero-order valence-electron chi connectivity index (χ0n) is 10.8. The highest BCUT2D eigenvalue weighted by Crippen LogP contribution is 2.35. The summed E-state index contributed by atoms with van der Waals surface area (Å²) in [6, 6.07) is 2.40. The van der Waals surface area contributed by atoms with E-state index < -0.39 is 37.2 Å². The molecule has 0 saturated heterocycles. The highest BCUT2D eigenvalue weighted by molar-refractivity contribution is 7.89. The topological polar surface area (TPSA) is 72.2 Å². The first kappa shape index (κ1) is 17.2. The van der Waals surface area contributed by atoms with Gasteiger partial charge in [-0.15, -0.1) is 0 Å². The summed E-state index contributed by atoms with van der Waals surface area (Å²) < 4.78 is 64.4. The normalized spacial score (nSPS) is 13.6. The van der Waals surface area contributed by atoms with E-state index in [1.807, 2.05) is 0 Å². The smallest absolute Gasteiger partial charge is 0.329 e. The summed E-state index contributed by atoms with van der Waals surface area (Å²) in [6.07, 6.45) is -4.73. The van der Waals surface area contributed by atoms with Crippen LogP contribution in [0.3, 0.4) is 0 Å². The standard InChI is InChI=1S/C11H14ClF3N2O2S/c1-10(2,6-16)17-20(18,19)7-3-4-9(12)8(5-7)11(13,14)15/h3-5,17H,6,16H2,1-2H3. The maximum atomic E-state index is 12.7. The Morgan fingerprint density at radius 1 is 1.30 bits per heavy atom. The number of benzene rings is 1. The molecule has 0 aromatic heterocycles. The van der Waals surface area contributed by atoms with Crippen LogP contribution in [0, 0.1) is 0 Å². The fourth-order valence-electron chi connectivity index (χ4n) is 1.35. The van der Waals surface area contributed by atoms with Gasteiger partial charge in [0.15, 0.2) is 0 Å². The van der Waals surface area contributed by atoms with Gasteiger partial charge in [0.1, 0.15) is 0 Å². The molecule has 0 aliphatic heterocycles. The fourth-order valence-corrected chi connectivity index (χ4v) is 3.03. The molecule has 0 spiro atoms. The molecule has 3 N–H and O–H groups in total. The van der Waals surface area contributed by atoms with Crippen LogP contribution in [0.2, 0.25) is 5.02 Å². The molecule has 1 aromatic carbocycles. The molecule has 1 aromatic rings. The Bertz CT molecular complexity index is 600. The first-order chi connectivity index (χ1) is 8.89. The lowest BCUT2D eigenvalue weighted by atomic mass is 10.1. The second-order valence-corrected chi connectivity index (χ2v) is 6.92. The Balaban J connectivity index is 3.28. The maximum absolute atomic E-state index is 12.7. The third kappa shape index (κ3) is 4.08. The molecule has 0 fully saturated rings. The summed E-state index contributed by atoms with van der Waals surface area (Å²) >= 11 is 5.44. The van der Waals surface area contributed by atoms with Gasteiger partial charge in [-0.25, -0.2) is 13.1 Å². The zero-order valence-corrected chi connectivity index (χ0v) is 12.3. The lowest BCUT2D eigenvalue weighted by Crippen LogP contribution is -2.48. The van der Waals surface area contributed by atoms with Crippen molar-refractivity contribution >= 4 is 21.6 Å². The molecule has 0 atom stereocenters. The Kier molecular flexibility index (Phi) is 4.75. The van der Waals surface area contributed by atoms with E-state index in [0.717, 1.165) is 12.1 Å². The van der Waals surface area contributed by atoms with Gasteiger partial charge in [0.2, 0.25) is 10.0 Å². The summed E-state index contributed by atoms with van der Waals surface area (Å²) in [7, 11) is -4.12. The predicted molar refractivity (Wildman–Crippen MR) is 69.9 cm³/mol. The summed E-state index contributed by atoms with van der Waals surface area (Å²) in [4.78, 5) is -0.518. The van der Waals surface area contributed by atoms with E-state index in [4.69, 9.17) is 17.3 Å². The van der Waals surface area contributed by atoms with E-state index in [1.165, 1.54) is 13.8 Å². The number of nitrogens with one attached hydrogen (secondary N) is 1. The van der Waals surface area contributed by atoms with Crippen molar-refractivity contribution in [2.45, 2.75) is 30.5 Å². The molecule has 0 unspecified atom stereocenters. The van der Waals surface area contributed by atoms with Gasteiger partial charge in [-0.3, -0.25) is 0 Å². The van der Waals surface area contributed by atoms with Gasteiger partial charge < -0.3 is 5.73 Å². The second kappa shape index (κ2) is 5.51. The van der Waals surface area contributed by atoms with Crippen molar-refractivity contribution in [1.82, 2.24) is 4.72 Å². The molecule has 4 nitrogen and oxygen atoms in total. The Morgan fingerprint density at radius 2 is 1.85 bits per heavy atom. The zero-order chi connectivity index (χ0) is 15.8. The van der Waals surface area contributed by atoms with Crippen molar-refractivity contribution < 1.29 is 21.6 Å². The summed E-state index contributed by atoms with van der Waals surface area (Å²) in [6.45, 7) is 3.03. The van der Waals surface area contributed by atoms with Crippen LogP contribution in [0.15, 0.2) is 23.1 Å². The Hall–Kier alpha value is -0.830. The van der Waals surface area contributed by atoms with Crippen LogP contribution in [-0.2, 0) is 16.2 Å². The molecule has 20 heavy (non-hydrogen) atoms. The minimum absolute atomic E-state index is 0.00799. The van der Waals surface area contributed by atoms with Crippen molar-refractivity contribution in [2.75, 3.05) is 6.54 Å². The van der Waals surface area contributed by atoms with Crippen molar-refractivity contribution in [3.63, 3.8) is 0 Å². The quantitative estimate of drug-likeness (QED) is 0.890. The molecule has 0 bridgehead atoms. The molecular formula is C11H14ClF3N2O2S. The minimum Gasteiger partial charge on any atom is -0.329 e. The number of nitrogens with two attached hydrogens (primary N) is 1. The highest BCUT2D eigenvalue weighted by atomic mass is 35.5. The van der Waals surface area contributed by atoms with Crippen LogP contribution in [-0.4, -0.2) is 20.5 Å². The number of rotatable bonds is 4. The first-order valence-electron chi connectivity index (χ1n) is 5.50. The van der Waals surface area contributed by atoms with Crippen LogP contribution in [0.25, 0.3) is 0 Å². The summed E-state index contributed by atoms with van der Waals surface area (Å²) in [5.41, 5.74) is 3.21. The highest BCUT2D eigenvalue weighted by Gasteiger charge is 2.35. The van der Waals surface area contributed by atoms with Gasteiger partial charge in [0.05, 0.1) is 15.5 Å². The average Bonchev–Trinajstić information content (AvgIpc) is 2.26. The molecule has 0 saturated carbocycles. The third-order valence-corrected chi connectivity index (χ3v) is 4.50. The number of halogens is 4. The summed E-state index contributed by atoms with van der Waals surface area (Å²) in [5, 5.41) is -0.561. The molecule has 0 amide bonds. The van der Waals surface area contributed by atoms with E-state index in [9.17, 15) is 21.6 Å². The minimum atomic E-state index is -4.73. The molecule has 1 rings (SSSR count). The fraction of sp³-hybridized carbons (Fsp3) is 0.455. The van der Waals surface area contributed by atoms with Gasteiger partial charge in [-0.05, 0) is 32.0 Å². The van der Waals surface area contributed by atoms with Gasteiger partial charge in [0, 0.05) is 12.1 Å². The van der Waals surface area contributed by atoms with E-state index in [-0.39, 0.29) is 6.54 Å². The Morgan fingerprint density at radius 3 is 2.30 bits per heavy atom. The number of hydrogen-bond acceptors (Lipinski definition) is 3. The van der Waals surface area contributed by atoms with Crippen LogP contribution in [0.1, 0.15) is 19.4 Å². The second-order valence-electron chi connectivity index (χ2n) is 4.83. The first-order valence-corrected chi connectivity index (χ1v) is 7.36. The Labute approximate surface area is 120 Å². The van der Waals surface area contributed by atoms with Crippen molar-refractivity contribution in [1.29, 1.82) is 0 Å². The van der Waals surface area contributed by atoms with Gasteiger partial charge >= 0.3 is 6.18 Å². The average molecular weight is 331 g/mol. The molecule has 0 heterocycles. The largest absolute Gasteiger partial charge is 0.417 e. The van der Waals surface area contributed by atoms with E-state index >= 15 is 0 Å². The molecule has 114 valence electrons. The molecular weight excluding hydrogens is 317 g/mol. The lowest BCUT2D eigenvalue weighted by Gasteiger charge is -2.24. The van der Waals surface area contributed by atoms with Crippen LogP contribution < -0.4 is 10.5 Å². The third-order valence-electron chi connectivity index (χ3n) is 2.47. The van der Waals surface area contributed by atoms with Crippen LogP contribution >= 0.6 is 11.6 Å². The maximum Gasteiger partial charge on any atom is 0.417 e. The number of sulfonamides is 1. The lowest BCUT2D eigenvalue weighted by molar-refractivity contribution is -0.137. The SMILES string of the molecule is CC(C)(CN)NS(=O)(=O)c1ccc(Cl)c(C(F)(F)F)c1. The molecule has 0 aliphatic carbocycles. The van der Waals surface area contributed by atoms with E-state index in [1.54, 1.807) is 0 Å². The van der Waals surface area contributed by atoms with Crippen molar-refractivity contribution in [2.24, 2.45) is 5.73 Å². The number of alkyl halides is 3. The molecule has 9 heteroatoms. The van der Waals surface area contributed by atoms with Gasteiger partial charge in [-0.2, -0.15) is 13.2 Å². The van der Waals surface area contributed by atoms with Gasteiger partial charge in [-0.1, -0.05) is 11.6 Å². The predicted octanol–water partition coefficient (Wildman–Crippen LogP) is 2.37. The molecule has 0 radical (unpaired) electrons. The molecule has 0 aliphatic rings. The summed E-state index contributed by atoms with van der Waals surface area (Å²) in [5.74, 6) is 0. The van der Waals surface area contributed by atoms with Crippen LogP contribution in [0.5, 0.6) is 0 Å². The van der Waals surface area contributed by atoms with E-state index in [2.05, 4.69) is 4.72 Å². The van der Waals surface area contributed by atoms with Crippen molar-refractivity contribution in [3.8, 4) is 0 Å². The van der Waals surface area contributed by atoms with Crippen molar-refractivity contribution in [3.05, 3.63) is 28.8 Å². The van der Waals surface area contributed by atoms with Crippen LogP contribution in [0.4, 0.5) is 13.2 Å². The number of hydrogen-bond donors (Lipinski definition) is 2. The van der Waals surface area contributed by atoms with E-state index in [0.29, 0.717) is 6.07 Å². The monoisotopic (exact) mass is 330 g/mol.